The van der Waals surface area contributed by atoms with Gasteiger partial charge in [0.05, 0.1) is 6.10 Å². The van der Waals surface area contributed by atoms with E-state index in [2.05, 4.69) is 6.92 Å². The molecule has 0 spiro atoms. The number of aliphatic hydroxyl groups is 1. The van der Waals surface area contributed by atoms with Gasteiger partial charge in [0.2, 0.25) is 0 Å². The Hall–Kier alpha value is 0.270. The summed E-state index contributed by atoms with van der Waals surface area (Å²) in [6.45, 7) is 3.42. The van der Waals surface area contributed by atoms with Crippen molar-refractivity contribution in [2.24, 2.45) is 0 Å². The lowest BCUT2D eigenvalue weighted by molar-refractivity contribution is 0.0315. The van der Waals surface area contributed by atoms with E-state index in [1.807, 2.05) is 11.8 Å². The van der Waals surface area contributed by atoms with Crippen molar-refractivity contribution in [3.05, 3.63) is 0 Å². The molecule has 1 saturated heterocycles. The zero-order valence-corrected chi connectivity index (χ0v) is 9.18. The van der Waals surface area contributed by atoms with Crippen LogP contribution in [0, 0.1) is 0 Å². The quantitative estimate of drug-likeness (QED) is 0.743. The zero-order chi connectivity index (χ0) is 9.52. The second-order valence-electron chi connectivity index (χ2n) is 3.64. The normalized spacial score (nSPS) is 25.8. The summed E-state index contributed by atoms with van der Waals surface area (Å²) in [6.07, 6.45) is 5.14. The smallest absolute Gasteiger partial charge is 0.0665 e. The van der Waals surface area contributed by atoms with Crippen LogP contribution in [-0.2, 0) is 4.74 Å². The molecule has 1 aliphatic heterocycles. The maximum absolute atomic E-state index is 8.73. The van der Waals surface area contributed by atoms with Crippen LogP contribution in [0.25, 0.3) is 0 Å². The molecule has 2 nitrogen and oxygen atoms in total. The Morgan fingerprint density at radius 2 is 2.38 bits per heavy atom. The third-order valence-electron chi connectivity index (χ3n) is 2.38. The highest BCUT2D eigenvalue weighted by Gasteiger charge is 2.14. The van der Waals surface area contributed by atoms with Gasteiger partial charge in [-0.05, 0) is 25.7 Å². The molecule has 78 valence electrons. The Labute approximate surface area is 85.0 Å². The van der Waals surface area contributed by atoms with Crippen molar-refractivity contribution in [1.29, 1.82) is 0 Å². The van der Waals surface area contributed by atoms with Gasteiger partial charge in [-0.25, -0.2) is 0 Å². The second-order valence-corrected chi connectivity index (χ2v) is 5.12. The minimum atomic E-state index is 0.305. The van der Waals surface area contributed by atoms with Crippen LogP contribution in [-0.4, -0.2) is 35.4 Å². The predicted molar refractivity (Wildman–Crippen MR) is 57.2 cm³/mol. The van der Waals surface area contributed by atoms with Crippen LogP contribution in [0.2, 0.25) is 0 Å². The summed E-state index contributed by atoms with van der Waals surface area (Å²) in [7, 11) is 0. The van der Waals surface area contributed by atoms with Crippen LogP contribution >= 0.6 is 11.8 Å². The summed E-state index contributed by atoms with van der Waals surface area (Å²) in [4.78, 5) is 0. The van der Waals surface area contributed by atoms with E-state index < -0.39 is 0 Å². The monoisotopic (exact) mass is 204 g/mol. The van der Waals surface area contributed by atoms with Gasteiger partial charge in [-0.2, -0.15) is 11.8 Å². The Balaban J connectivity index is 2.03. The fourth-order valence-electron chi connectivity index (χ4n) is 1.48. The SMILES string of the molecule is CC(CCO)SCC1CCCCO1. The highest BCUT2D eigenvalue weighted by molar-refractivity contribution is 7.99. The van der Waals surface area contributed by atoms with Crippen LogP contribution in [0.4, 0.5) is 0 Å². The molecule has 1 aliphatic rings. The van der Waals surface area contributed by atoms with E-state index in [-0.39, 0.29) is 0 Å². The Bertz CT molecular complexity index is 124. The molecule has 0 saturated carbocycles. The van der Waals surface area contributed by atoms with E-state index in [9.17, 15) is 0 Å². The molecule has 1 heterocycles. The van der Waals surface area contributed by atoms with Crippen molar-refractivity contribution >= 4 is 11.8 Å². The Morgan fingerprint density at radius 3 is 3.00 bits per heavy atom. The number of hydrogen-bond donors (Lipinski definition) is 1. The van der Waals surface area contributed by atoms with Crippen LogP contribution in [0.3, 0.4) is 0 Å². The predicted octanol–water partition coefficient (Wildman–Crippen LogP) is 2.06. The molecule has 1 rings (SSSR count). The Morgan fingerprint density at radius 1 is 1.54 bits per heavy atom. The van der Waals surface area contributed by atoms with Gasteiger partial charge < -0.3 is 9.84 Å². The van der Waals surface area contributed by atoms with E-state index in [1.165, 1.54) is 19.3 Å². The summed E-state index contributed by atoms with van der Waals surface area (Å²) in [6, 6.07) is 0. The molecular weight excluding hydrogens is 184 g/mol. The van der Waals surface area contributed by atoms with Gasteiger partial charge in [0.25, 0.3) is 0 Å². The first-order chi connectivity index (χ1) is 6.33. The molecule has 0 aliphatic carbocycles. The van der Waals surface area contributed by atoms with Crippen LogP contribution in [0.15, 0.2) is 0 Å². The average molecular weight is 204 g/mol. The molecule has 2 atom stereocenters. The third-order valence-corrected chi connectivity index (χ3v) is 3.75. The van der Waals surface area contributed by atoms with Gasteiger partial charge in [-0.15, -0.1) is 0 Å². The van der Waals surface area contributed by atoms with Gasteiger partial charge >= 0.3 is 0 Å². The zero-order valence-electron chi connectivity index (χ0n) is 8.37. The van der Waals surface area contributed by atoms with Crippen molar-refractivity contribution in [2.75, 3.05) is 19.0 Å². The number of thioether (sulfide) groups is 1. The van der Waals surface area contributed by atoms with Gasteiger partial charge in [-0.1, -0.05) is 6.92 Å². The van der Waals surface area contributed by atoms with E-state index in [4.69, 9.17) is 9.84 Å². The van der Waals surface area contributed by atoms with Gasteiger partial charge in [0, 0.05) is 24.2 Å². The van der Waals surface area contributed by atoms with E-state index in [0.717, 1.165) is 18.8 Å². The molecule has 0 amide bonds. The first-order valence-corrected chi connectivity index (χ1v) is 6.22. The second kappa shape index (κ2) is 6.68. The lowest BCUT2D eigenvalue weighted by Crippen LogP contribution is -2.22. The molecule has 3 heteroatoms. The minimum absolute atomic E-state index is 0.305. The molecular formula is C10H20O2S. The summed E-state index contributed by atoms with van der Waals surface area (Å²) in [5.41, 5.74) is 0. The number of rotatable bonds is 5. The molecule has 0 aromatic carbocycles. The molecule has 0 aromatic heterocycles. The van der Waals surface area contributed by atoms with Crippen molar-refractivity contribution < 1.29 is 9.84 Å². The van der Waals surface area contributed by atoms with Gasteiger partial charge in [0.15, 0.2) is 0 Å². The summed E-state index contributed by atoms with van der Waals surface area (Å²) in [5.74, 6) is 1.10. The molecule has 0 radical (unpaired) electrons. The first-order valence-electron chi connectivity index (χ1n) is 5.17. The van der Waals surface area contributed by atoms with Gasteiger partial charge in [-0.3, -0.25) is 0 Å². The third kappa shape index (κ3) is 4.89. The fraction of sp³-hybridized carbons (Fsp3) is 1.00. The fourth-order valence-corrected chi connectivity index (χ4v) is 2.55. The highest BCUT2D eigenvalue weighted by atomic mass is 32.2. The van der Waals surface area contributed by atoms with E-state index in [1.54, 1.807) is 0 Å². The topological polar surface area (TPSA) is 29.5 Å². The van der Waals surface area contributed by atoms with Crippen molar-refractivity contribution in [2.45, 2.75) is 44.0 Å². The van der Waals surface area contributed by atoms with Crippen molar-refractivity contribution in [3.8, 4) is 0 Å². The summed E-state index contributed by atoms with van der Waals surface area (Å²) < 4.78 is 5.62. The summed E-state index contributed by atoms with van der Waals surface area (Å²) >= 11 is 1.92. The Kier molecular flexibility index (Phi) is 5.83. The van der Waals surface area contributed by atoms with Crippen LogP contribution < -0.4 is 0 Å². The van der Waals surface area contributed by atoms with Crippen molar-refractivity contribution in [3.63, 3.8) is 0 Å². The lowest BCUT2D eigenvalue weighted by Gasteiger charge is -2.23. The lowest BCUT2D eigenvalue weighted by atomic mass is 10.1. The highest BCUT2D eigenvalue weighted by Crippen LogP contribution is 2.21. The number of aliphatic hydroxyl groups excluding tert-OH is 1. The molecule has 2 unspecified atom stereocenters. The molecule has 13 heavy (non-hydrogen) atoms. The largest absolute Gasteiger partial charge is 0.396 e. The van der Waals surface area contributed by atoms with Crippen LogP contribution in [0.5, 0.6) is 0 Å². The standard InChI is InChI=1S/C10H20O2S/c1-9(5-6-11)13-8-10-4-2-3-7-12-10/h9-11H,2-8H2,1H3. The first kappa shape index (κ1) is 11.3. The van der Waals surface area contributed by atoms with Crippen LogP contribution in [0.1, 0.15) is 32.6 Å². The van der Waals surface area contributed by atoms with Gasteiger partial charge in [0.1, 0.15) is 0 Å². The van der Waals surface area contributed by atoms with Crippen molar-refractivity contribution in [1.82, 2.24) is 0 Å². The molecule has 1 fully saturated rings. The average Bonchev–Trinajstić information content (AvgIpc) is 2.17. The summed E-state index contributed by atoms with van der Waals surface area (Å²) in [5, 5.41) is 9.29. The minimum Gasteiger partial charge on any atom is -0.396 e. The maximum Gasteiger partial charge on any atom is 0.0665 e. The number of hydrogen-bond acceptors (Lipinski definition) is 3. The maximum atomic E-state index is 8.73. The van der Waals surface area contributed by atoms with E-state index >= 15 is 0 Å². The molecule has 1 N–H and O–H groups in total. The molecule has 0 bridgehead atoms. The number of ether oxygens (including phenoxy) is 1. The molecule has 0 aromatic rings. The van der Waals surface area contributed by atoms with E-state index in [0.29, 0.717) is 18.0 Å².